The van der Waals surface area contributed by atoms with E-state index in [-0.39, 0.29) is 12.0 Å². The molecule has 0 aromatic rings. The van der Waals surface area contributed by atoms with Gasteiger partial charge in [0.05, 0.1) is 11.6 Å². The van der Waals surface area contributed by atoms with Crippen LogP contribution in [0.1, 0.15) is 39.0 Å². The van der Waals surface area contributed by atoms with Crippen LogP contribution in [0, 0.1) is 0 Å². The number of halogens is 2. The van der Waals surface area contributed by atoms with Gasteiger partial charge >= 0.3 is 0 Å². The van der Waals surface area contributed by atoms with E-state index in [0.29, 0.717) is 18.2 Å². The zero-order chi connectivity index (χ0) is 12.7. The lowest BCUT2D eigenvalue weighted by Crippen LogP contribution is -2.51. The third kappa shape index (κ3) is 4.65. The molecular formula is C12H21Cl2NO2. The minimum absolute atomic E-state index is 0.0173. The smallest absolute Gasteiger partial charge is 0.220 e. The van der Waals surface area contributed by atoms with Crippen molar-refractivity contribution in [3.63, 3.8) is 0 Å². The van der Waals surface area contributed by atoms with Crippen molar-refractivity contribution in [1.29, 1.82) is 0 Å². The monoisotopic (exact) mass is 281 g/mol. The van der Waals surface area contributed by atoms with E-state index in [1.807, 2.05) is 6.92 Å². The van der Waals surface area contributed by atoms with Gasteiger partial charge < -0.3 is 10.1 Å². The topological polar surface area (TPSA) is 38.3 Å². The Hall–Kier alpha value is 0.01000. The fourth-order valence-electron chi connectivity index (χ4n) is 1.90. The Morgan fingerprint density at radius 2 is 2.18 bits per heavy atom. The summed E-state index contributed by atoms with van der Waals surface area (Å²) in [5, 5.41) is 2.95. The predicted molar refractivity (Wildman–Crippen MR) is 70.8 cm³/mol. The Labute approximate surface area is 113 Å². The highest BCUT2D eigenvalue weighted by Crippen LogP contribution is 2.18. The third-order valence-corrected chi connectivity index (χ3v) is 4.33. The van der Waals surface area contributed by atoms with E-state index < -0.39 is 5.54 Å². The lowest BCUT2D eigenvalue weighted by atomic mass is 10.0. The van der Waals surface area contributed by atoms with Gasteiger partial charge in [0, 0.05) is 24.8 Å². The van der Waals surface area contributed by atoms with Crippen LogP contribution in [0.5, 0.6) is 0 Å². The maximum Gasteiger partial charge on any atom is 0.220 e. The number of nitrogens with one attached hydrogen (secondary N) is 1. The summed E-state index contributed by atoms with van der Waals surface area (Å²) < 4.78 is 5.48. The van der Waals surface area contributed by atoms with Crippen molar-refractivity contribution in [1.82, 2.24) is 5.32 Å². The van der Waals surface area contributed by atoms with Gasteiger partial charge in [-0.25, -0.2) is 0 Å². The van der Waals surface area contributed by atoms with Crippen molar-refractivity contribution >= 4 is 29.1 Å². The van der Waals surface area contributed by atoms with Crippen LogP contribution in [0.15, 0.2) is 0 Å². The standard InChI is InChI=1S/C12H21Cl2NO2/c1-2-12(8-13,9-14)15-11(16)6-5-10-4-3-7-17-10/h10H,2-9H2,1H3,(H,15,16). The predicted octanol–water partition coefficient (Wildman–Crippen LogP) is 2.69. The first-order chi connectivity index (χ1) is 8.15. The molecule has 1 saturated heterocycles. The van der Waals surface area contributed by atoms with Gasteiger partial charge in [-0.3, -0.25) is 4.79 Å². The van der Waals surface area contributed by atoms with Crippen LogP contribution in [0.2, 0.25) is 0 Å². The molecule has 1 fully saturated rings. The molecule has 1 N–H and O–H groups in total. The molecule has 0 bridgehead atoms. The second-order valence-electron chi connectivity index (χ2n) is 4.62. The fraction of sp³-hybridized carbons (Fsp3) is 0.917. The van der Waals surface area contributed by atoms with Gasteiger partial charge in [-0.2, -0.15) is 0 Å². The van der Waals surface area contributed by atoms with Gasteiger partial charge in [0.1, 0.15) is 0 Å². The first-order valence-electron chi connectivity index (χ1n) is 6.20. The number of amides is 1. The third-order valence-electron chi connectivity index (χ3n) is 3.31. The fourth-order valence-corrected chi connectivity index (χ4v) is 2.70. The van der Waals surface area contributed by atoms with E-state index in [1.54, 1.807) is 0 Å². The molecule has 1 amide bonds. The van der Waals surface area contributed by atoms with Crippen molar-refractivity contribution in [2.24, 2.45) is 0 Å². The largest absolute Gasteiger partial charge is 0.378 e. The second-order valence-corrected chi connectivity index (χ2v) is 5.16. The first-order valence-corrected chi connectivity index (χ1v) is 7.27. The molecule has 1 rings (SSSR count). The van der Waals surface area contributed by atoms with Crippen LogP contribution in [-0.4, -0.2) is 35.9 Å². The Balaban J connectivity index is 2.31. The summed E-state index contributed by atoms with van der Waals surface area (Å²) in [6.45, 7) is 2.81. The SMILES string of the molecule is CCC(CCl)(CCl)NC(=O)CCC1CCCO1. The average Bonchev–Trinajstić information content (AvgIpc) is 2.87. The maximum absolute atomic E-state index is 11.8. The summed E-state index contributed by atoms with van der Waals surface area (Å²) in [5.41, 5.74) is -0.462. The maximum atomic E-state index is 11.8. The molecule has 1 heterocycles. The molecule has 0 radical (unpaired) electrons. The van der Waals surface area contributed by atoms with Gasteiger partial charge in [0.25, 0.3) is 0 Å². The quantitative estimate of drug-likeness (QED) is 0.729. The van der Waals surface area contributed by atoms with E-state index in [2.05, 4.69) is 5.32 Å². The molecule has 0 aromatic heterocycles. The van der Waals surface area contributed by atoms with E-state index in [1.165, 1.54) is 0 Å². The van der Waals surface area contributed by atoms with Crippen LogP contribution in [0.25, 0.3) is 0 Å². The Morgan fingerprint density at radius 1 is 1.47 bits per heavy atom. The van der Waals surface area contributed by atoms with Crippen molar-refractivity contribution in [2.45, 2.75) is 50.7 Å². The number of alkyl halides is 2. The lowest BCUT2D eigenvalue weighted by molar-refractivity contribution is -0.123. The Bertz CT molecular complexity index is 230. The van der Waals surface area contributed by atoms with Crippen LogP contribution in [0.3, 0.4) is 0 Å². The summed E-state index contributed by atoms with van der Waals surface area (Å²) in [7, 11) is 0. The summed E-state index contributed by atoms with van der Waals surface area (Å²) in [4.78, 5) is 11.8. The Kier molecular flexibility index (Phi) is 6.60. The van der Waals surface area contributed by atoms with Crippen molar-refractivity contribution < 1.29 is 9.53 Å². The molecule has 0 saturated carbocycles. The van der Waals surface area contributed by atoms with Gasteiger partial charge in [-0.05, 0) is 25.7 Å². The molecule has 5 heteroatoms. The minimum Gasteiger partial charge on any atom is -0.378 e. The van der Waals surface area contributed by atoms with Crippen molar-refractivity contribution in [3.05, 3.63) is 0 Å². The highest BCUT2D eigenvalue weighted by molar-refractivity contribution is 6.22. The van der Waals surface area contributed by atoms with E-state index in [0.717, 1.165) is 32.3 Å². The molecule has 0 spiro atoms. The van der Waals surface area contributed by atoms with E-state index in [4.69, 9.17) is 27.9 Å². The summed E-state index contributed by atoms with van der Waals surface area (Å²) in [6.07, 6.45) is 4.44. The average molecular weight is 282 g/mol. The highest BCUT2D eigenvalue weighted by atomic mass is 35.5. The normalized spacial score (nSPS) is 20.5. The first kappa shape index (κ1) is 15.1. The van der Waals surface area contributed by atoms with E-state index in [9.17, 15) is 4.79 Å². The number of ether oxygens (including phenoxy) is 1. The molecule has 1 aliphatic heterocycles. The molecule has 100 valence electrons. The molecule has 1 unspecified atom stereocenters. The molecule has 1 atom stereocenters. The zero-order valence-electron chi connectivity index (χ0n) is 10.3. The minimum atomic E-state index is -0.462. The molecule has 0 aromatic carbocycles. The summed E-state index contributed by atoms with van der Waals surface area (Å²) >= 11 is 11.7. The molecule has 17 heavy (non-hydrogen) atoms. The summed E-state index contributed by atoms with van der Waals surface area (Å²) in [5.74, 6) is 0.709. The lowest BCUT2D eigenvalue weighted by Gasteiger charge is -2.29. The Morgan fingerprint density at radius 3 is 2.65 bits per heavy atom. The molecular weight excluding hydrogens is 261 g/mol. The van der Waals surface area contributed by atoms with Gasteiger partial charge in [0.15, 0.2) is 0 Å². The van der Waals surface area contributed by atoms with Gasteiger partial charge in [-0.1, -0.05) is 6.92 Å². The number of hydrogen-bond acceptors (Lipinski definition) is 2. The second kappa shape index (κ2) is 7.45. The van der Waals surface area contributed by atoms with E-state index >= 15 is 0 Å². The highest BCUT2D eigenvalue weighted by Gasteiger charge is 2.28. The van der Waals surface area contributed by atoms with Gasteiger partial charge in [-0.15, -0.1) is 23.2 Å². The number of hydrogen-bond donors (Lipinski definition) is 1. The van der Waals surface area contributed by atoms with Crippen LogP contribution in [0.4, 0.5) is 0 Å². The van der Waals surface area contributed by atoms with Crippen molar-refractivity contribution in [2.75, 3.05) is 18.4 Å². The number of carbonyl (C=O) groups excluding carboxylic acids is 1. The van der Waals surface area contributed by atoms with Crippen molar-refractivity contribution in [3.8, 4) is 0 Å². The summed E-state index contributed by atoms with van der Waals surface area (Å²) in [6, 6.07) is 0. The molecule has 3 nitrogen and oxygen atoms in total. The van der Waals surface area contributed by atoms with Crippen LogP contribution in [-0.2, 0) is 9.53 Å². The van der Waals surface area contributed by atoms with Crippen LogP contribution < -0.4 is 5.32 Å². The molecule has 0 aliphatic carbocycles. The van der Waals surface area contributed by atoms with Crippen LogP contribution >= 0.6 is 23.2 Å². The molecule has 1 aliphatic rings. The number of rotatable bonds is 7. The number of carbonyl (C=O) groups is 1. The van der Waals surface area contributed by atoms with Gasteiger partial charge in [0.2, 0.25) is 5.91 Å². The zero-order valence-corrected chi connectivity index (χ0v) is 11.8.